The Morgan fingerprint density at radius 1 is 0.889 bits per heavy atom. The van der Waals surface area contributed by atoms with Crippen LogP contribution < -0.4 is 5.32 Å². The number of hydrogen-bond acceptors (Lipinski definition) is 4. The van der Waals surface area contributed by atoms with Crippen molar-refractivity contribution in [3.8, 4) is 0 Å². The molecule has 36 heavy (non-hydrogen) atoms. The number of rotatable bonds is 6. The highest BCUT2D eigenvalue weighted by molar-refractivity contribution is 5.96. The number of nitrogens with zero attached hydrogens (tertiary/aromatic N) is 1. The number of piperidine rings is 3. The van der Waals surface area contributed by atoms with Gasteiger partial charge in [-0.1, -0.05) is 48.5 Å². The maximum Gasteiger partial charge on any atom is 0.303 e. The zero-order valence-electron chi connectivity index (χ0n) is 20.3. The van der Waals surface area contributed by atoms with Gasteiger partial charge in [-0.15, -0.1) is 0 Å². The molecule has 0 saturated carbocycles. The molecular weight excluding hydrogens is 462 g/mol. The molecule has 0 aromatic heterocycles. The molecular formula is C29H31F2N2O3+. The van der Waals surface area contributed by atoms with Gasteiger partial charge >= 0.3 is 5.97 Å². The summed E-state index contributed by atoms with van der Waals surface area (Å²) in [4.78, 5) is 23.7. The molecule has 3 aromatic carbocycles. The Morgan fingerprint density at radius 2 is 1.47 bits per heavy atom. The van der Waals surface area contributed by atoms with Gasteiger partial charge < -0.3 is 14.5 Å². The highest BCUT2D eigenvalue weighted by Gasteiger charge is 2.48. The molecule has 6 rings (SSSR count). The Bertz CT molecular complexity index is 1160. The summed E-state index contributed by atoms with van der Waals surface area (Å²) in [6, 6.07) is 22.0. The molecule has 1 N–H and O–H groups in total. The number of fused-ring (bicyclic) bond motifs is 3. The first-order valence-corrected chi connectivity index (χ1v) is 12.2. The molecule has 3 aliphatic rings. The molecule has 3 aliphatic heterocycles. The predicted molar refractivity (Wildman–Crippen MR) is 135 cm³/mol. The van der Waals surface area contributed by atoms with Crippen LogP contribution >= 0.6 is 0 Å². The number of carbonyl (C=O) groups is 2. The van der Waals surface area contributed by atoms with Crippen LogP contribution in [0.1, 0.15) is 30.1 Å². The van der Waals surface area contributed by atoms with Gasteiger partial charge in [0.2, 0.25) is 5.78 Å². The van der Waals surface area contributed by atoms with Gasteiger partial charge in [0.25, 0.3) is 0 Å². The van der Waals surface area contributed by atoms with Crippen LogP contribution in [0.3, 0.4) is 0 Å². The number of ether oxygens (including phenoxy) is 1. The minimum Gasteiger partial charge on any atom is -0.456 e. The van der Waals surface area contributed by atoms with E-state index >= 15 is 0 Å². The molecule has 1 atom stereocenters. The van der Waals surface area contributed by atoms with Gasteiger partial charge in [-0.3, -0.25) is 9.59 Å². The standard InChI is InChI=1S/C17H22NO3.C12H9F2N/c1-13(19)21-17-12-18(9-7-15(17)8-10-18)11-16(20)14-5-3-2-4-6-14;13-9-6-10(14)8-12(7-9)15-11-4-2-1-3-5-11/h2-6,15,17H,7-12H2,1H3;1-8,15H/q+1;. The lowest BCUT2D eigenvalue weighted by Crippen LogP contribution is -2.65. The number of Topliss-reactive ketones (excluding diaryl/α,β-unsaturated/α-hetero) is 1. The molecule has 3 saturated heterocycles. The van der Waals surface area contributed by atoms with E-state index in [0.717, 1.165) is 54.3 Å². The van der Waals surface area contributed by atoms with Gasteiger partial charge in [0, 0.05) is 48.7 Å². The Hall–Kier alpha value is -3.58. The van der Waals surface area contributed by atoms with E-state index in [4.69, 9.17) is 4.74 Å². The van der Waals surface area contributed by atoms with E-state index in [9.17, 15) is 18.4 Å². The number of hydrogen-bond donors (Lipinski definition) is 1. The number of ketones is 1. The van der Waals surface area contributed by atoms with E-state index in [2.05, 4.69) is 5.32 Å². The maximum atomic E-state index is 12.9. The summed E-state index contributed by atoms with van der Waals surface area (Å²) in [6.07, 6.45) is 2.11. The Morgan fingerprint density at radius 3 is 2.06 bits per heavy atom. The number of halogens is 2. The van der Waals surface area contributed by atoms with Gasteiger partial charge in [-0.25, -0.2) is 8.78 Å². The summed E-state index contributed by atoms with van der Waals surface area (Å²) in [7, 11) is 0. The lowest BCUT2D eigenvalue weighted by atomic mass is 9.83. The summed E-state index contributed by atoms with van der Waals surface area (Å²) in [5, 5.41) is 2.91. The summed E-state index contributed by atoms with van der Waals surface area (Å²) in [6.45, 7) is 4.84. The zero-order valence-corrected chi connectivity index (χ0v) is 20.3. The quantitative estimate of drug-likeness (QED) is 0.270. The Kier molecular flexibility index (Phi) is 8.10. The van der Waals surface area contributed by atoms with E-state index in [0.29, 0.717) is 18.2 Å². The third kappa shape index (κ3) is 6.76. The van der Waals surface area contributed by atoms with Crippen molar-refractivity contribution in [1.82, 2.24) is 0 Å². The molecule has 1 unspecified atom stereocenters. The lowest BCUT2D eigenvalue weighted by molar-refractivity contribution is -0.938. The van der Waals surface area contributed by atoms with Gasteiger partial charge in [-0.2, -0.15) is 0 Å². The molecule has 2 bridgehead atoms. The summed E-state index contributed by atoms with van der Waals surface area (Å²) >= 11 is 0. The first kappa shape index (κ1) is 25.5. The fraction of sp³-hybridized carbons (Fsp3) is 0.310. The summed E-state index contributed by atoms with van der Waals surface area (Å²) in [5.74, 6) is -0.707. The van der Waals surface area contributed by atoms with E-state index in [1.54, 1.807) is 0 Å². The SMILES string of the molecule is CC(=O)OC1C[N+]2(CC(=O)c3ccccc3)CCC1CC2.Fc1cc(F)cc(Nc2ccccc2)c1. The smallest absolute Gasteiger partial charge is 0.303 e. The van der Waals surface area contributed by atoms with Crippen molar-refractivity contribution in [2.75, 3.05) is 31.5 Å². The fourth-order valence-electron chi connectivity index (χ4n) is 5.12. The number of nitrogens with one attached hydrogen (secondary N) is 1. The van der Waals surface area contributed by atoms with Gasteiger partial charge in [0.1, 0.15) is 24.7 Å². The molecule has 3 aromatic rings. The molecule has 5 nitrogen and oxygen atoms in total. The topological polar surface area (TPSA) is 55.4 Å². The molecule has 188 valence electrons. The Balaban J connectivity index is 0.000000179. The highest BCUT2D eigenvalue weighted by atomic mass is 19.1. The fourth-order valence-corrected chi connectivity index (χ4v) is 5.12. The number of benzene rings is 3. The van der Waals surface area contributed by atoms with E-state index in [1.807, 2.05) is 60.7 Å². The largest absolute Gasteiger partial charge is 0.456 e. The van der Waals surface area contributed by atoms with Crippen LogP contribution in [-0.4, -0.2) is 48.5 Å². The summed E-state index contributed by atoms with van der Waals surface area (Å²) in [5.41, 5.74) is 1.97. The van der Waals surface area contributed by atoms with Crippen LogP contribution in [-0.2, 0) is 9.53 Å². The third-order valence-corrected chi connectivity index (χ3v) is 6.86. The van der Waals surface area contributed by atoms with Crippen molar-refractivity contribution >= 4 is 23.1 Å². The second-order valence-electron chi connectivity index (χ2n) is 9.55. The van der Waals surface area contributed by atoms with E-state index in [1.165, 1.54) is 19.1 Å². The van der Waals surface area contributed by atoms with Crippen molar-refractivity contribution in [2.24, 2.45) is 5.92 Å². The monoisotopic (exact) mass is 493 g/mol. The van der Waals surface area contributed by atoms with Gasteiger partial charge in [0.15, 0.2) is 6.10 Å². The molecule has 3 heterocycles. The Labute approximate surface area is 210 Å². The number of quaternary nitrogens is 1. The second kappa shape index (κ2) is 11.4. The maximum absolute atomic E-state index is 12.9. The molecule has 0 aliphatic carbocycles. The zero-order chi connectivity index (χ0) is 25.5. The van der Waals surface area contributed by atoms with Gasteiger partial charge in [0.05, 0.1) is 13.1 Å². The average Bonchev–Trinajstić information content (AvgIpc) is 2.85. The number of esters is 1. The molecule has 7 heteroatoms. The van der Waals surface area contributed by atoms with Crippen molar-refractivity contribution in [2.45, 2.75) is 25.9 Å². The minimum atomic E-state index is -0.589. The normalized spacial score (nSPS) is 22.2. The molecule has 0 radical (unpaired) electrons. The minimum absolute atomic E-state index is 0.00595. The predicted octanol–water partition coefficient (Wildman–Crippen LogP) is 5.75. The molecule has 0 amide bonds. The van der Waals surface area contributed by atoms with Crippen molar-refractivity contribution < 1.29 is 27.6 Å². The van der Waals surface area contributed by atoms with Gasteiger partial charge in [-0.05, 0) is 24.3 Å². The van der Waals surface area contributed by atoms with Crippen molar-refractivity contribution in [3.63, 3.8) is 0 Å². The van der Waals surface area contributed by atoms with Crippen LogP contribution in [0.25, 0.3) is 0 Å². The van der Waals surface area contributed by atoms with Crippen molar-refractivity contribution in [3.05, 3.63) is 96.1 Å². The van der Waals surface area contributed by atoms with Crippen LogP contribution in [0.2, 0.25) is 0 Å². The van der Waals surface area contributed by atoms with E-state index in [-0.39, 0.29) is 17.9 Å². The first-order chi connectivity index (χ1) is 17.3. The van der Waals surface area contributed by atoms with E-state index < -0.39 is 11.6 Å². The van der Waals surface area contributed by atoms with Crippen molar-refractivity contribution in [1.29, 1.82) is 0 Å². The van der Waals surface area contributed by atoms with Crippen LogP contribution in [0.15, 0.2) is 78.9 Å². The first-order valence-electron chi connectivity index (χ1n) is 12.2. The number of anilines is 2. The third-order valence-electron chi connectivity index (χ3n) is 6.86. The number of carbonyl (C=O) groups excluding carboxylic acids is 2. The van der Waals surface area contributed by atoms with Crippen LogP contribution in [0.4, 0.5) is 20.2 Å². The molecule has 0 spiro atoms. The second-order valence-corrected chi connectivity index (χ2v) is 9.55. The molecule has 3 fully saturated rings. The average molecular weight is 494 g/mol. The summed E-state index contributed by atoms with van der Waals surface area (Å²) < 4.78 is 32.0. The van der Waals surface area contributed by atoms with Crippen LogP contribution in [0.5, 0.6) is 0 Å². The highest BCUT2D eigenvalue weighted by Crippen LogP contribution is 2.35. The lowest BCUT2D eigenvalue weighted by Gasteiger charge is -2.51. The van der Waals surface area contributed by atoms with Crippen LogP contribution in [0, 0.1) is 17.6 Å². The number of para-hydroxylation sites is 1.